The number of aromatic nitrogens is 1. The van der Waals surface area contributed by atoms with E-state index in [0.717, 1.165) is 27.9 Å². The second-order valence-corrected chi connectivity index (χ2v) is 12.6. The summed E-state index contributed by atoms with van der Waals surface area (Å²) in [4.78, 5) is 31.4. The fourth-order valence-corrected chi connectivity index (χ4v) is 6.01. The Morgan fingerprint density at radius 2 is 1.72 bits per heavy atom. The number of rotatable bonds is 9. The number of hydrogen-bond acceptors (Lipinski definition) is 8. The number of ether oxygens (including phenoxy) is 4. The first-order chi connectivity index (χ1) is 20.4. The van der Waals surface area contributed by atoms with Gasteiger partial charge in [0.05, 0.1) is 24.6 Å². The molecule has 2 aliphatic rings. The number of carbonyl (C=O) groups excluding carboxylic acids is 1. The summed E-state index contributed by atoms with van der Waals surface area (Å²) in [7, 11) is 1.58. The van der Waals surface area contributed by atoms with Crippen LogP contribution in [-0.2, 0) is 20.7 Å². The molecule has 2 heterocycles. The molecule has 0 radical (unpaired) electrons. The molecule has 0 unspecified atom stereocenters. The molecule has 1 aliphatic carbocycles. The van der Waals surface area contributed by atoms with Crippen molar-refractivity contribution in [3.63, 3.8) is 0 Å². The lowest BCUT2D eigenvalue weighted by atomic mass is 9.77. The van der Waals surface area contributed by atoms with E-state index in [9.17, 15) is 14.7 Å². The van der Waals surface area contributed by atoms with Gasteiger partial charge in [0.1, 0.15) is 17.2 Å². The predicted molar refractivity (Wildman–Crippen MR) is 162 cm³/mol. The van der Waals surface area contributed by atoms with Crippen molar-refractivity contribution in [3.8, 4) is 17.2 Å². The van der Waals surface area contributed by atoms with E-state index in [-0.39, 0.29) is 25.2 Å². The van der Waals surface area contributed by atoms with Crippen LogP contribution in [0.15, 0.2) is 48.5 Å². The number of fused-ring (bicyclic) bond motifs is 2. The Morgan fingerprint density at radius 1 is 1.00 bits per heavy atom. The maximum absolute atomic E-state index is 14.3. The van der Waals surface area contributed by atoms with Gasteiger partial charge in [-0.2, -0.15) is 0 Å². The van der Waals surface area contributed by atoms with Gasteiger partial charge < -0.3 is 29.4 Å². The first-order valence-corrected chi connectivity index (χ1v) is 14.7. The second kappa shape index (κ2) is 11.8. The molecule has 1 aromatic heterocycles. The lowest BCUT2D eigenvalue weighted by Gasteiger charge is -2.30. The summed E-state index contributed by atoms with van der Waals surface area (Å²) >= 11 is 0. The number of methoxy groups -OCH3 is 1. The number of benzene rings is 2. The summed E-state index contributed by atoms with van der Waals surface area (Å²) in [5.74, 6) is -0.941. The molecule has 1 aliphatic heterocycles. The number of pyridine rings is 1. The second-order valence-electron chi connectivity index (χ2n) is 12.6. The molecular formula is C34H40N2O7. The minimum atomic E-state index is -0.899. The third-order valence-electron chi connectivity index (χ3n) is 7.81. The number of carboxylic acids is 1. The Bertz CT molecular complexity index is 1530. The average Bonchev–Trinajstić information content (AvgIpc) is 3.53. The molecule has 4 atom stereocenters. The first-order valence-electron chi connectivity index (χ1n) is 14.7. The zero-order valence-electron chi connectivity index (χ0n) is 25.8. The minimum Gasteiger partial charge on any atom is -0.497 e. The molecule has 228 valence electrons. The van der Waals surface area contributed by atoms with E-state index in [0.29, 0.717) is 23.1 Å². The highest BCUT2D eigenvalue weighted by atomic mass is 16.7. The molecule has 0 saturated carbocycles. The summed E-state index contributed by atoms with van der Waals surface area (Å²) in [6.07, 6.45) is 0.257. The van der Waals surface area contributed by atoms with Gasteiger partial charge in [0.2, 0.25) is 6.79 Å². The van der Waals surface area contributed by atoms with E-state index >= 15 is 0 Å². The molecule has 2 aromatic carbocycles. The fourth-order valence-electron chi connectivity index (χ4n) is 6.01. The molecule has 0 spiro atoms. The molecule has 0 bridgehead atoms. The molecule has 43 heavy (non-hydrogen) atoms. The molecule has 3 aromatic rings. The van der Waals surface area contributed by atoms with Crippen LogP contribution in [-0.4, -0.2) is 47.6 Å². The van der Waals surface area contributed by atoms with Crippen LogP contribution >= 0.6 is 0 Å². The van der Waals surface area contributed by atoms with Gasteiger partial charge >= 0.3 is 11.9 Å². The molecule has 0 amide bonds. The number of hydrogen-bond donors (Lipinski definition) is 2. The number of carboxylic acid groups (broad SMARTS) is 1. The van der Waals surface area contributed by atoms with Crippen molar-refractivity contribution in [2.75, 3.05) is 19.2 Å². The van der Waals surface area contributed by atoms with E-state index < -0.39 is 35.2 Å². The summed E-state index contributed by atoms with van der Waals surface area (Å²) in [6.45, 7) is 11.5. The van der Waals surface area contributed by atoms with Crippen molar-refractivity contribution in [1.82, 2.24) is 4.98 Å². The van der Waals surface area contributed by atoms with Gasteiger partial charge in [-0.1, -0.05) is 25.1 Å². The lowest BCUT2D eigenvalue weighted by Crippen LogP contribution is -2.33. The van der Waals surface area contributed by atoms with Crippen molar-refractivity contribution < 1.29 is 33.6 Å². The highest BCUT2D eigenvalue weighted by Crippen LogP contribution is 2.54. The molecular weight excluding hydrogens is 548 g/mol. The maximum atomic E-state index is 14.3. The van der Waals surface area contributed by atoms with Gasteiger partial charge in [0.25, 0.3) is 0 Å². The average molecular weight is 589 g/mol. The number of anilines is 1. The van der Waals surface area contributed by atoms with E-state index in [1.807, 2.05) is 83.1 Å². The zero-order valence-corrected chi connectivity index (χ0v) is 25.8. The molecule has 9 heteroatoms. The van der Waals surface area contributed by atoms with E-state index in [1.54, 1.807) is 14.0 Å². The van der Waals surface area contributed by atoms with Crippen LogP contribution in [0, 0.1) is 11.8 Å². The Labute approximate surface area is 252 Å². The molecule has 0 fully saturated rings. The molecule has 9 nitrogen and oxygen atoms in total. The van der Waals surface area contributed by atoms with E-state index in [4.69, 9.17) is 23.9 Å². The topological polar surface area (TPSA) is 116 Å². The third kappa shape index (κ3) is 6.26. The van der Waals surface area contributed by atoms with Crippen molar-refractivity contribution in [1.29, 1.82) is 0 Å². The van der Waals surface area contributed by atoms with E-state index in [1.165, 1.54) is 0 Å². The largest absolute Gasteiger partial charge is 0.497 e. The Hall–Kier alpha value is -4.27. The van der Waals surface area contributed by atoms with Crippen LogP contribution in [0.1, 0.15) is 81.3 Å². The van der Waals surface area contributed by atoms with Gasteiger partial charge in [0, 0.05) is 17.9 Å². The van der Waals surface area contributed by atoms with Crippen LogP contribution in [0.4, 0.5) is 5.82 Å². The van der Waals surface area contributed by atoms with E-state index in [2.05, 4.69) is 5.32 Å². The quantitative estimate of drug-likeness (QED) is 0.285. The Kier molecular flexibility index (Phi) is 8.27. The zero-order chi connectivity index (χ0) is 31.1. The third-order valence-corrected chi connectivity index (χ3v) is 7.81. The summed E-state index contributed by atoms with van der Waals surface area (Å²) in [5.41, 5.74) is 3.41. The smallest absolute Gasteiger partial charge is 0.311 e. The van der Waals surface area contributed by atoms with Crippen molar-refractivity contribution >= 4 is 17.8 Å². The number of carbonyl (C=O) groups is 2. The molecule has 5 rings (SSSR count). The predicted octanol–water partition coefficient (Wildman–Crippen LogP) is 6.14. The number of esters is 1. The summed E-state index contributed by atoms with van der Waals surface area (Å²) in [6, 6.07) is 15.5. The van der Waals surface area contributed by atoms with Crippen molar-refractivity contribution in [2.24, 2.45) is 11.8 Å². The van der Waals surface area contributed by atoms with Gasteiger partial charge in [0.15, 0.2) is 11.5 Å². The molecule has 2 N–H and O–H groups in total. The van der Waals surface area contributed by atoms with Crippen LogP contribution in [0.3, 0.4) is 0 Å². The monoisotopic (exact) mass is 588 g/mol. The van der Waals surface area contributed by atoms with Crippen LogP contribution < -0.4 is 19.5 Å². The normalized spacial score (nSPS) is 19.6. The highest BCUT2D eigenvalue weighted by molar-refractivity contribution is 5.80. The molecule has 0 saturated heterocycles. The van der Waals surface area contributed by atoms with Crippen molar-refractivity contribution in [3.05, 3.63) is 76.5 Å². The highest BCUT2D eigenvalue weighted by Gasteiger charge is 2.50. The van der Waals surface area contributed by atoms with Gasteiger partial charge in [-0.05, 0) is 93.6 Å². The lowest BCUT2D eigenvalue weighted by molar-refractivity contribution is -0.160. The first kappa shape index (κ1) is 30.2. The number of nitrogens with one attached hydrogen (secondary N) is 1. The maximum Gasteiger partial charge on any atom is 0.311 e. The minimum absolute atomic E-state index is 0.140. The Balaban J connectivity index is 1.75. The Morgan fingerprint density at radius 3 is 2.40 bits per heavy atom. The summed E-state index contributed by atoms with van der Waals surface area (Å²) < 4.78 is 22.9. The standard InChI is InChI=1S/C34H40N2O7/c1-18(2)35-27-13-11-24-28(20-8-12-25-26(16-20)42-17-41-25)30(33(39)43-34(4,5)6)29(31(24)36-27)23-10-9-22(40-7)15-21(23)14-19(3)32(37)38/h8-13,15-16,18-19,28-30H,14,17H2,1-7H3,(H,35,36)(H,37,38)/t19-,28-,29-,30+/m0/s1. The van der Waals surface area contributed by atoms with Crippen LogP contribution in [0.25, 0.3) is 0 Å². The summed E-state index contributed by atoms with van der Waals surface area (Å²) in [5, 5.41) is 13.2. The van der Waals surface area contributed by atoms with Gasteiger partial charge in [-0.15, -0.1) is 0 Å². The van der Waals surface area contributed by atoms with Gasteiger partial charge in [-0.3, -0.25) is 9.59 Å². The number of nitrogens with zero attached hydrogens (tertiary/aromatic N) is 1. The van der Waals surface area contributed by atoms with Crippen LogP contribution in [0.5, 0.6) is 17.2 Å². The number of aliphatic carboxylic acids is 1. The van der Waals surface area contributed by atoms with Gasteiger partial charge in [-0.25, -0.2) is 4.98 Å². The SMILES string of the molecule is COc1ccc([C@@H]2c3nc(NC(C)C)ccc3[C@H](c3ccc4c(c3)OCO4)[C@H]2C(=O)OC(C)(C)C)c(C[C@H](C)C(=O)O)c1. The fraction of sp³-hybridized carbons (Fsp3) is 0.441. The van der Waals surface area contributed by atoms with Crippen LogP contribution in [0.2, 0.25) is 0 Å². The van der Waals surface area contributed by atoms with Crippen molar-refractivity contribution in [2.45, 2.75) is 71.4 Å².